The normalized spacial score (nSPS) is 13.2. The van der Waals surface area contributed by atoms with Crippen molar-refractivity contribution in [2.24, 2.45) is 0 Å². The van der Waals surface area contributed by atoms with Crippen molar-refractivity contribution in [2.75, 3.05) is 0 Å². The molecule has 0 saturated carbocycles. The summed E-state index contributed by atoms with van der Waals surface area (Å²) in [6.45, 7) is 12.8. The number of phenolic OH excluding ortho intramolecular Hbond substituents is 1. The highest BCUT2D eigenvalue weighted by molar-refractivity contribution is 8.69. The van der Waals surface area contributed by atoms with Gasteiger partial charge in [0.05, 0.1) is 0 Å². The second-order valence-electron chi connectivity index (χ2n) is 7.22. The number of hydrogen-bond acceptors (Lipinski definition) is 3. The van der Waals surface area contributed by atoms with Gasteiger partial charge >= 0.3 is 0 Å². The Hall–Kier alpha value is -0.540. The fourth-order valence-corrected chi connectivity index (χ4v) is 2.62. The molecular formula is C17H26OS2. The van der Waals surface area contributed by atoms with Crippen LogP contribution in [0.25, 0.3) is 0 Å². The predicted molar refractivity (Wildman–Crippen MR) is 94.9 cm³/mol. The van der Waals surface area contributed by atoms with Gasteiger partial charge in [-0.25, -0.2) is 0 Å². The van der Waals surface area contributed by atoms with Crippen molar-refractivity contribution in [3.05, 3.63) is 40.3 Å². The molecule has 0 aliphatic rings. The Labute approximate surface area is 132 Å². The summed E-state index contributed by atoms with van der Waals surface area (Å²) in [6, 6.07) is 4.25. The molecular weight excluding hydrogens is 284 g/mol. The van der Waals surface area contributed by atoms with Gasteiger partial charge in [-0.2, -0.15) is 0 Å². The molecule has 0 heterocycles. The Morgan fingerprint density at radius 2 is 1.50 bits per heavy atom. The molecule has 1 N–H and O–H groups in total. The van der Waals surface area contributed by atoms with Gasteiger partial charge in [0.2, 0.25) is 0 Å². The van der Waals surface area contributed by atoms with E-state index in [1.165, 1.54) is 16.4 Å². The first-order valence-corrected chi connectivity index (χ1v) is 8.82. The highest BCUT2D eigenvalue weighted by Gasteiger charge is 2.26. The molecule has 3 heteroatoms. The fraction of sp³-hybridized carbons (Fsp3) is 0.529. The zero-order valence-electron chi connectivity index (χ0n) is 13.3. The van der Waals surface area contributed by atoms with Crippen LogP contribution in [-0.2, 0) is 17.3 Å². The monoisotopic (exact) mass is 310 g/mol. The summed E-state index contributed by atoms with van der Waals surface area (Å²) in [5.74, 6) is 0.446. The lowest BCUT2D eigenvalue weighted by Gasteiger charge is -2.28. The summed E-state index contributed by atoms with van der Waals surface area (Å²) in [5.41, 5.74) is 3.14. The van der Waals surface area contributed by atoms with Gasteiger partial charge in [0.1, 0.15) is 5.75 Å². The minimum Gasteiger partial charge on any atom is -0.507 e. The van der Waals surface area contributed by atoms with Crippen molar-refractivity contribution in [2.45, 2.75) is 58.8 Å². The van der Waals surface area contributed by atoms with Crippen LogP contribution >= 0.6 is 22.5 Å². The summed E-state index contributed by atoms with van der Waals surface area (Å²) in [7, 11) is 1.41. The Morgan fingerprint density at radius 3 is 1.85 bits per heavy atom. The first-order valence-electron chi connectivity index (χ1n) is 6.89. The third kappa shape index (κ3) is 4.49. The molecule has 1 aromatic carbocycles. The van der Waals surface area contributed by atoms with E-state index in [9.17, 15) is 5.11 Å². The Kier molecular flexibility index (Phi) is 5.68. The second kappa shape index (κ2) is 6.48. The van der Waals surface area contributed by atoms with E-state index in [4.69, 9.17) is 0 Å². The summed E-state index contributed by atoms with van der Waals surface area (Å²) in [4.78, 5) is 0. The van der Waals surface area contributed by atoms with Crippen molar-refractivity contribution < 1.29 is 5.11 Å². The molecule has 0 fully saturated rings. The molecule has 1 nitrogen and oxygen atoms in total. The molecule has 1 aromatic rings. The van der Waals surface area contributed by atoms with E-state index in [-0.39, 0.29) is 10.8 Å². The fourth-order valence-electron chi connectivity index (χ4n) is 2.18. The number of allylic oxidation sites excluding steroid dienone is 1. The smallest absolute Gasteiger partial charge is 0.123 e. The average Bonchev–Trinajstić information content (AvgIpc) is 2.28. The lowest BCUT2D eigenvalue weighted by molar-refractivity contribution is 0.423. The van der Waals surface area contributed by atoms with Gasteiger partial charge in [-0.3, -0.25) is 0 Å². The first kappa shape index (κ1) is 17.5. The zero-order chi connectivity index (χ0) is 15.6. The lowest BCUT2D eigenvalue weighted by Crippen LogP contribution is -2.17. The molecule has 0 amide bonds. The maximum atomic E-state index is 10.6. The third-order valence-corrected chi connectivity index (χ3v) is 3.98. The molecule has 0 spiro atoms. The van der Waals surface area contributed by atoms with Crippen molar-refractivity contribution >= 4 is 22.5 Å². The Bertz CT molecular complexity index is 456. The highest BCUT2D eigenvalue weighted by Crippen LogP contribution is 2.39. The van der Waals surface area contributed by atoms with E-state index >= 15 is 0 Å². The third-order valence-electron chi connectivity index (χ3n) is 3.30. The topological polar surface area (TPSA) is 20.2 Å². The van der Waals surface area contributed by atoms with Gasteiger partial charge in [0.15, 0.2) is 0 Å². The standard InChI is InChI=1S/C17H26OS2/c1-16(2,3)13-10-12(8-7-9-20-19)11-14(15(13)18)17(4,5)6/h7,9-11,18-19H,8H2,1-6H3. The van der Waals surface area contributed by atoms with Crippen molar-refractivity contribution in [1.82, 2.24) is 0 Å². The molecule has 0 aromatic heterocycles. The van der Waals surface area contributed by atoms with Crippen LogP contribution in [0.4, 0.5) is 0 Å². The molecule has 20 heavy (non-hydrogen) atoms. The average molecular weight is 311 g/mol. The highest BCUT2D eigenvalue weighted by atomic mass is 33.1. The largest absolute Gasteiger partial charge is 0.507 e. The van der Waals surface area contributed by atoms with E-state index in [1.54, 1.807) is 0 Å². The summed E-state index contributed by atoms with van der Waals surface area (Å²) < 4.78 is 0. The molecule has 0 aliphatic heterocycles. The van der Waals surface area contributed by atoms with E-state index in [0.29, 0.717) is 5.75 Å². The van der Waals surface area contributed by atoms with Gasteiger partial charge in [-0.1, -0.05) is 70.5 Å². The molecule has 0 aliphatic carbocycles. The van der Waals surface area contributed by atoms with Crippen LogP contribution in [-0.4, -0.2) is 5.11 Å². The van der Waals surface area contributed by atoms with Crippen LogP contribution in [0.15, 0.2) is 23.6 Å². The van der Waals surface area contributed by atoms with Crippen LogP contribution in [0.1, 0.15) is 58.2 Å². The van der Waals surface area contributed by atoms with E-state index < -0.39 is 0 Å². The SMILES string of the molecule is CC(C)(C)c1cc(CC=CSS)cc(C(C)(C)C)c1O. The van der Waals surface area contributed by atoms with Crippen molar-refractivity contribution in [1.29, 1.82) is 0 Å². The minimum absolute atomic E-state index is 0.0674. The maximum Gasteiger partial charge on any atom is 0.123 e. The van der Waals surface area contributed by atoms with Gasteiger partial charge in [0, 0.05) is 0 Å². The van der Waals surface area contributed by atoms with Crippen LogP contribution < -0.4 is 0 Å². The maximum absolute atomic E-state index is 10.6. The number of aromatic hydroxyl groups is 1. The van der Waals surface area contributed by atoms with Gasteiger partial charge in [0.25, 0.3) is 0 Å². The van der Waals surface area contributed by atoms with Crippen LogP contribution in [0.2, 0.25) is 0 Å². The number of thiol groups is 1. The summed E-state index contributed by atoms with van der Waals surface area (Å²) in [6.07, 6.45) is 2.96. The summed E-state index contributed by atoms with van der Waals surface area (Å²) in [5, 5.41) is 12.6. The number of rotatable bonds is 3. The molecule has 0 unspecified atom stereocenters. The van der Waals surface area contributed by atoms with Crippen LogP contribution in [0, 0.1) is 0 Å². The molecule has 0 bridgehead atoms. The van der Waals surface area contributed by atoms with Gasteiger partial charge < -0.3 is 5.11 Å². The predicted octanol–water partition coefficient (Wildman–Crippen LogP) is 5.62. The van der Waals surface area contributed by atoms with Crippen LogP contribution in [0.5, 0.6) is 5.75 Å². The van der Waals surface area contributed by atoms with Gasteiger partial charge in [-0.15, -0.1) is 11.7 Å². The van der Waals surface area contributed by atoms with Crippen molar-refractivity contribution in [3.8, 4) is 5.75 Å². The molecule has 0 atom stereocenters. The molecule has 112 valence electrons. The number of phenols is 1. The lowest BCUT2D eigenvalue weighted by atomic mass is 9.78. The quantitative estimate of drug-likeness (QED) is 0.558. The second-order valence-corrected chi connectivity index (χ2v) is 8.34. The van der Waals surface area contributed by atoms with E-state index in [2.05, 4.69) is 71.4 Å². The van der Waals surface area contributed by atoms with Gasteiger partial charge in [-0.05, 0) is 39.3 Å². The zero-order valence-corrected chi connectivity index (χ0v) is 15.0. The number of hydrogen-bond donors (Lipinski definition) is 2. The number of benzene rings is 1. The van der Waals surface area contributed by atoms with Crippen LogP contribution in [0.3, 0.4) is 0 Å². The molecule has 0 saturated heterocycles. The first-order chi connectivity index (χ1) is 9.07. The molecule has 0 radical (unpaired) electrons. The Morgan fingerprint density at radius 1 is 1.05 bits per heavy atom. The van der Waals surface area contributed by atoms with Crippen molar-refractivity contribution in [3.63, 3.8) is 0 Å². The van der Waals surface area contributed by atoms with E-state index in [0.717, 1.165) is 17.5 Å². The summed E-state index contributed by atoms with van der Waals surface area (Å²) >= 11 is 4.11. The molecule has 1 rings (SSSR count). The minimum atomic E-state index is -0.0674. The van der Waals surface area contributed by atoms with E-state index in [1.807, 2.05) is 5.41 Å². The Balaban J connectivity index is 3.38.